The number of methoxy groups -OCH3 is 1. The summed E-state index contributed by atoms with van der Waals surface area (Å²) >= 11 is 0. The van der Waals surface area contributed by atoms with E-state index in [-0.39, 0.29) is 23.4 Å². The molecule has 0 amide bonds. The Morgan fingerprint density at radius 1 is 1.24 bits per heavy atom. The fourth-order valence-corrected chi connectivity index (χ4v) is 2.83. The van der Waals surface area contributed by atoms with Gasteiger partial charge in [-0.2, -0.15) is 0 Å². The number of carboxylic acid groups (broad SMARTS) is 1. The van der Waals surface area contributed by atoms with Gasteiger partial charge in [0.15, 0.2) is 0 Å². The Kier molecular flexibility index (Phi) is 5.86. The number of hydrogen-bond acceptors (Lipinski definition) is 5. The van der Waals surface area contributed by atoms with Crippen LogP contribution in [0.4, 0.5) is 0 Å². The highest BCUT2D eigenvalue weighted by Gasteiger charge is 2.21. The molecule has 0 saturated heterocycles. The topological polar surface area (TPSA) is 101 Å². The average molecular weight is 315 g/mol. The first kappa shape index (κ1) is 17.1. The minimum absolute atomic E-state index is 0.00747. The average Bonchev–Trinajstić information content (AvgIpc) is 2.46. The fourth-order valence-electron chi connectivity index (χ4n) is 1.62. The van der Waals surface area contributed by atoms with Crippen molar-refractivity contribution in [3.8, 4) is 0 Å². The SMILES string of the molecule is COC(=O)CCCN(C)S(=O)(=O)c1ccc(C(=O)O)cc1. The highest BCUT2D eigenvalue weighted by Crippen LogP contribution is 2.15. The molecule has 0 radical (unpaired) electrons. The van der Waals surface area contributed by atoms with Crippen molar-refractivity contribution in [3.63, 3.8) is 0 Å². The van der Waals surface area contributed by atoms with Gasteiger partial charge in [0.2, 0.25) is 10.0 Å². The summed E-state index contributed by atoms with van der Waals surface area (Å²) in [5.74, 6) is -1.52. The van der Waals surface area contributed by atoms with Crippen molar-refractivity contribution in [3.05, 3.63) is 29.8 Å². The number of nitrogens with zero attached hydrogens (tertiary/aromatic N) is 1. The summed E-state index contributed by atoms with van der Waals surface area (Å²) in [4.78, 5) is 21.7. The van der Waals surface area contributed by atoms with Gasteiger partial charge in [-0.15, -0.1) is 0 Å². The molecule has 0 saturated carbocycles. The lowest BCUT2D eigenvalue weighted by molar-refractivity contribution is -0.140. The molecule has 1 N–H and O–H groups in total. The number of carboxylic acids is 1. The van der Waals surface area contributed by atoms with E-state index in [9.17, 15) is 18.0 Å². The number of hydrogen-bond donors (Lipinski definition) is 1. The van der Waals surface area contributed by atoms with Crippen LogP contribution in [-0.2, 0) is 19.6 Å². The Balaban J connectivity index is 2.75. The highest BCUT2D eigenvalue weighted by atomic mass is 32.2. The molecule has 0 heterocycles. The molecule has 0 unspecified atom stereocenters. The van der Waals surface area contributed by atoms with Gasteiger partial charge in [-0.05, 0) is 30.7 Å². The van der Waals surface area contributed by atoms with Crippen molar-refractivity contribution in [1.82, 2.24) is 4.31 Å². The van der Waals surface area contributed by atoms with Crippen LogP contribution < -0.4 is 0 Å². The normalized spacial score (nSPS) is 11.4. The van der Waals surface area contributed by atoms with Crippen LogP contribution >= 0.6 is 0 Å². The Morgan fingerprint density at radius 3 is 2.29 bits per heavy atom. The smallest absolute Gasteiger partial charge is 0.335 e. The van der Waals surface area contributed by atoms with Gasteiger partial charge in [0.1, 0.15) is 0 Å². The molecule has 0 bridgehead atoms. The van der Waals surface area contributed by atoms with Gasteiger partial charge in [-0.1, -0.05) is 0 Å². The second kappa shape index (κ2) is 7.19. The summed E-state index contributed by atoms with van der Waals surface area (Å²) in [5, 5.41) is 8.78. The molecule has 7 nitrogen and oxygen atoms in total. The molecule has 116 valence electrons. The number of rotatable bonds is 7. The van der Waals surface area contributed by atoms with Crippen molar-refractivity contribution < 1.29 is 27.9 Å². The molecule has 21 heavy (non-hydrogen) atoms. The lowest BCUT2D eigenvalue weighted by Crippen LogP contribution is -2.28. The number of aromatic carboxylic acids is 1. The van der Waals surface area contributed by atoms with Crippen LogP contribution in [0.1, 0.15) is 23.2 Å². The maximum absolute atomic E-state index is 12.2. The minimum atomic E-state index is -3.70. The van der Waals surface area contributed by atoms with Gasteiger partial charge in [-0.3, -0.25) is 4.79 Å². The second-order valence-corrected chi connectivity index (χ2v) is 6.38. The number of carbonyl (C=O) groups is 2. The first-order chi connectivity index (χ1) is 9.78. The molecule has 0 fully saturated rings. The van der Waals surface area contributed by atoms with Gasteiger partial charge in [0, 0.05) is 20.0 Å². The maximum Gasteiger partial charge on any atom is 0.335 e. The summed E-state index contributed by atoms with van der Waals surface area (Å²) in [5.41, 5.74) is 0.0160. The number of benzene rings is 1. The molecule has 1 aromatic rings. The lowest BCUT2D eigenvalue weighted by Gasteiger charge is -2.16. The third-order valence-corrected chi connectivity index (χ3v) is 4.76. The molecular formula is C13H17NO6S. The molecule has 0 aliphatic rings. The van der Waals surface area contributed by atoms with Crippen LogP contribution in [0, 0.1) is 0 Å². The van der Waals surface area contributed by atoms with E-state index in [0.717, 1.165) is 4.31 Å². The van der Waals surface area contributed by atoms with Crippen LogP contribution in [0.5, 0.6) is 0 Å². The van der Waals surface area contributed by atoms with Crippen molar-refractivity contribution >= 4 is 22.0 Å². The Morgan fingerprint density at radius 2 is 1.81 bits per heavy atom. The second-order valence-electron chi connectivity index (χ2n) is 4.34. The van der Waals surface area contributed by atoms with Crippen LogP contribution in [0.25, 0.3) is 0 Å². The predicted molar refractivity (Wildman–Crippen MR) is 74.5 cm³/mol. The van der Waals surface area contributed by atoms with E-state index < -0.39 is 22.0 Å². The van der Waals surface area contributed by atoms with Crippen molar-refractivity contribution in [2.45, 2.75) is 17.7 Å². The van der Waals surface area contributed by atoms with E-state index in [2.05, 4.69) is 4.74 Å². The maximum atomic E-state index is 12.2. The van der Waals surface area contributed by atoms with E-state index in [0.29, 0.717) is 6.42 Å². The molecule has 1 aromatic carbocycles. The number of carbonyl (C=O) groups excluding carboxylic acids is 1. The zero-order valence-electron chi connectivity index (χ0n) is 11.8. The van der Waals surface area contributed by atoms with Gasteiger partial charge in [0.05, 0.1) is 17.6 Å². The van der Waals surface area contributed by atoms with Gasteiger partial charge < -0.3 is 9.84 Å². The fraction of sp³-hybridized carbons (Fsp3) is 0.385. The quantitative estimate of drug-likeness (QED) is 0.752. The van der Waals surface area contributed by atoms with Crippen molar-refractivity contribution in [2.24, 2.45) is 0 Å². The van der Waals surface area contributed by atoms with E-state index >= 15 is 0 Å². The van der Waals surface area contributed by atoms with E-state index in [4.69, 9.17) is 5.11 Å². The summed E-state index contributed by atoms with van der Waals surface area (Å²) < 4.78 is 30.0. The van der Waals surface area contributed by atoms with Crippen LogP contribution in [0.3, 0.4) is 0 Å². The number of ether oxygens (including phenoxy) is 1. The van der Waals surface area contributed by atoms with E-state index in [1.807, 2.05) is 0 Å². The molecule has 0 aliphatic heterocycles. The monoisotopic (exact) mass is 315 g/mol. The first-order valence-electron chi connectivity index (χ1n) is 6.15. The highest BCUT2D eigenvalue weighted by molar-refractivity contribution is 7.89. The molecule has 1 rings (SSSR count). The van der Waals surface area contributed by atoms with Crippen LogP contribution in [0.15, 0.2) is 29.2 Å². The van der Waals surface area contributed by atoms with Crippen LogP contribution in [-0.4, -0.2) is 50.5 Å². The van der Waals surface area contributed by atoms with Gasteiger partial charge in [0.25, 0.3) is 0 Å². The Hall–Kier alpha value is -1.93. The summed E-state index contributed by atoms with van der Waals surface area (Å²) in [7, 11) is -1.03. The lowest BCUT2D eigenvalue weighted by atomic mass is 10.2. The predicted octanol–water partition coefficient (Wildman–Crippen LogP) is 0.958. The molecule has 0 spiro atoms. The van der Waals surface area contributed by atoms with E-state index in [1.54, 1.807) is 0 Å². The Bertz CT molecular complexity index is 608. The zero-order chi connectivity index (χ0) is 16.0. The summed E-state index contributed by atoms with van der Waals surface area (Å²) in [6.07, 6.45) is 0.476. The largest absolute Gasteiger partial charge is 0.478 e. The van der Waals surface area contributed by atoms with Crippen molar-refractivity contribution in [1.29, 1.82) is 0 Å². The third-order valence-electron chi connectivity index (χ3n) is 2.89. The molecule has 0 atom stereocenters. The standard InChI is InChI=1S/C13H17NO6S/c1-14(9-3-4-12(15)20-2)21(18,19)11-7-5-10(6-8-11)13(16)17/h5-8H,3-4,9H2,1-2H3,(H,16,17). The van der Waals surface area contributed by atoms with Crippen molar-refractivity contribution in [2.75, 3.05) is 20.7 Å². The summed E-state index contributed by atoms with van der Waals surface area (Å²) in [6.45, 7) is 0.165. The molecule has 0 aliphatic carbocycles. The van der Waals surface area contributed by atoms with Crippen LogP contribution in [0.2, 0.25) is 0 Å². The molecule has 8 heteroatoms. The van der Waals surface area contributed by atoms with Gasteiger partial charge in [-0.25, -0.2) is 17.5 Å². The minimum Gasteiger partial charge on any atom is -0.478 e. The first-order valence-corrected chi connectivity index (χ1v) is 7.59. The van der Waals surface area contributed by atoms with E-state index in [1.165, 1.54) is 38.4 Å². The zero-order valence-corrected chi connectivity index (χ0v) is 12.6. The van der Waals surface area contributed by atoms with Gasteiger partial charge >= 0.3 is 11.9 Å². The third kappa shape index (κ3) is 4.54. The number of sulfonamides is 1. The Labute approximate surface area is 123 Å². The molecular weight excluding hydrogens is 298 g/mol. The number of esters is 1. The summed E-state index contributed by atoms with van der Waals surface area (Å²) in [6, 6.07) is 4.96. The molecule has 0 aromatic heterocycles.